The van der Waals surface area contributed by atoms with E-state index in [9.17, 15) is 0 Å². The summed E-state index contributed by atoms with van der Waals surface area (Å²) in [6.07, 6.45) is 0. The predicted molar refractivity (Wildman–Crippen MR) is 179 cm³/mol. The quantitative estimate of drug-likeness (QED) is 0.181. The van der Waals surface area contributed by atoms with Crippen LogP contribution in [0.2, 0.25) is 0 Å². The smallest absolute Gasteiger partial charge is 0.0503 e. The molecule has 0 amide bonds. The molecule has 0 unspecified atom stereocenters. The molecule has 1 aliphatic rings. The van der Waals surface area contributed by atoms with Gasteiger partial charge >= 0.3 is 0 Å². The van der Waals surface area contributed by atoms with Crippen molar-refractivity contribution in [2.45, 2.75) is 19.3 Å². The zero-order valence-electron chi connectivity index (χ0n) is 23.0. The maximum Gasteiger partial charge on any atom is 0.0503 e. The van der Waals surface area contributed by atoms with Gasteiger partial charge < -0.3 is 4.90 Å². The van der Waals surface area contributed by atoms with E-state index < -0.39 is 0 Å². The lowest BCUT2D eigenvalue weighted by Gasteiger charge is -2.42. The van der Waals surface area contributed by atoms with Gasteiger partial charge in [0.25, 0.3) is 0 Å². The van der Waals surface area contributed by atoms with Crippen molar-refractivity contribution in [3.8, 4) is 11.1 Å². The van der Waals surface area contributed by atoms with Crippen molar-refractivity contribution >= 4 is 65.3 Å². The molecule has 0 spiro atoms. The molecule has 0 N–H and O–H groups in total. The van der Waals surface area contributed by atoms with E-state index in [0.29, 0.717) is 0 Å². The number of nitrogens with zero attached hydrogens (tertiary/aromatic N) is 1. The lowest BCUT2D eigenvalue weighted by Crippen LogP contribution is -2.30. The molecule has 196 valence electrons. The summed E-state index contributed by atoms with van der Waals surface area (Å²) >= 11 is 3.75. The van der Waals surface area contributed by atoms with Gasteiger partial charge in [-0.15, -0.1) is 0 Å². The minimum absolute atomic E-state index is 0.171. The van der Waals surface area contributed by atoms with Crippen molar-refractivity contribution in [2.24, 2.45) is 0 Å². The first-order valence-electron chi connectivity index (χ1n) is 14.1. The summed E-state index contributed by atoms with van der Waals surface area (Å²) in [6.45, 7) is 4.70. The monoisotopic (exact) mass is 589 g/mol. The summed E-state index contributed by atoms with van der Waals surface area (Å²) < 4.78 is 1.10. The van der Waals surface area contributed by atoms with Crippen LogP contribution in [0.5, 0.6) is 0 Å². The van der Waals surface area contributed by atoms with E-state index in [2.05, 4.69) is 168 Å². The highest BCUT2D eigenvalue weighted by Crippen LogP contribution is 2.53. The van der Waals surface area contributed by atoms with Crippen molar-refractivity contribution < 1.29 is 0 Å². The normalized spacial score (nSPS) is 13.9. The number of fused-ring (bicyclic) bond motifs is 8. The number of rotatable bonds is 2. The van der Waals surface area contributed by atoms with Gasteiger partial charge in [-0.3, -0.25) is 0 Å². The molecule has 1 heterocycles. The van der Waals surface area contributed by atoms with Gasteiger partial charge in [0.05, 0.1) is 11.4 Å². The third-order valence-corrected chi connectivity index (χ3v) is 9.37. The number of anilines is 3. The highest BCUT2D eigenvalue weighted by molar-refractivity contribution is 9.10. The number of benzene rings is 7. The van der Waals surface area contributed by atoms with Crippen LogP contribution in [0.25, 0.3) is 43.4 Å². The molecule has 0 aliphatic carbocycles. The third kappa shape index (κ3) is 3.67. The molecule has 41 heavy (non-hydrogen) atoms. The number of para-hydroxylation sites is 1. The molecule has 2 heteroatoms. The Hall–Kier alpha value is -4.40. The van der Waals surface area contributed by atoms with Gasteiger partial charge in [0.2, 0.25) is 0 Å². The second-order valence-corrected chi connectivity index (χ2v) is 12.5. The van der Waals surface area contributed by atoms with Crippen LogP contribution in [-0.4, -0.2) is 0 Å². The van der Waals surface area contributed by atoms with Crippen molar-refractivity contribution in [2.75, 3.05) is 4.90 Å². The number of hydrogen-bond acceptors (Lipinski definition) is 1. The zero-order chi connectivity index (χ0) is 27.7. The minimum atomic E-state index is -0.171. The highest BCUT2D eigenvalue weighted by Gasteiger charge is 2.37. The predicted octanol–water partition coefficient (Wildman–Crippen LogP) is 11.7. The topological polar surface area (TPSA) is 3.24 Å². The van der Waals surface area contributed by atoms with Gasteiger partial charge in [-0.1, -0.05) is 115 Å². The maximum absolute atomic E-state index is 3.75. The van der Waals surface area contributed by atoms with Gasteiger partial charge in [0, 0.05) is 15.6 Å². The molecule has 7 aromatic rings. The zero-order valence-corrected chi connectivity index (χ0v) is 24.6. The Kier molecular flexibility index (Phi) is 5.39. The number of halogens is 1. The molecule has 1 aliphatic heterocycles. The Morgan fingerprint density at radius 2 is 0.951 bits per heavy atom. The average Bonchev–Trinajstić information content (AvgIpc) is 3.02. The molecule has 0 saturated heterocycles. The van der Waals surface area contributed by atoms with Crippen molar-refractivity contribution in [3.05, 3.63) is 149 Å². The molecule has 0 fully saturated rings. The van der Waals surface area contributed by atoms with Gasteiger partial charge in [0.15, 0.2) is 0 Å². The first kappa shape index (κ1) is 24.4. The van der Waals surface area contributed by atoms with E-state index >= 15 is 0 Å². The molecule has 1 nitrogen and oxygen atoms in total. The van der Waals surface area contributed by atoms with Crippen LogP contribution in [0, 0.1) is 0 Å². The van der Waals surface area contributed by atoms with E-state index in [0.717, 1.165) is 4.47 Å². The van der Waals surface area contributed by atoms with Crippen molar-refractivity contribution in [1.29, 1.82) is 0 Å². The summed E-state index contributed by atoms with van der Waals surface area (Å²) in [6, 6.07) is 49.0. The minimum Gasteiger partial charge on any atom is -0.310 e. The van der Waals surface area contributed by atoms with Crippen molar-refractivity contribution in [1.82, 2.24) is 0 Å². The van der Waals surface area contributed by atoms with Gasteiger partial charge in [-0.2, -0.15) is 0 Å². The SMILES string of the molecule is CC1(C)c2cc(Br)ccc2N(c2ccccc2)c2ccc(-c3ccc4c5ccccc5c5ccccc5c4c3)cc21. The van der Waals surface area contributed by atoms with E-state index in [1.165, 1.54) is 71.6 Å². The fourth-order valence-corrected chi connectivity index (χ4v) is 7.19. The Morgan fingerprint density at radius 3 is 1.61 bits per heavy atom. The fourth-order valence-electron chi connectivity index (χ4n) is 6.83. The van der Waals surface area contributed by atoms with Crippen LogP contribution in [0.3, 0.4) is 0 Å². The highest BCUT2D eigenvalue weighted by atomic mass is 79.9. The molecule has 0 atom stereocenters. The molecule has 0 aromatic heterocycles. The van der Waals surface area contributed by atoms with Gasteiger partial charge in [-0.05, 0) is 103 Å². The van der Waals surface area contributed by atoms with E-state index in [1.807, 2.05) is 0 Å². The van der Waals surface area contributed by atoms with Crippen LogP contribution >= 0.6 is 15.9 Å². The van der Waals surface area contributed by atoms with Crippen LogP contribution in [0.15, 0.2) is 138 Å². The first-order chi connectivity index (χ1) is 20.0. The Labute approximate surface area is 248 Å². The van der Waals surface area contributed by atoms with Crippen LogP contribution in [-0.2, 0) is 5.41 Å². The summed E-state index contributed by atoms with van der Waals surface area (Å²) in [5, 5.41) is 7.82. The molecule has 0 bridgehead atoms. The van der Waals surface area contributed by atoms with Crippen LogP contribution in [0.4, 0.5) is 17.1 Å². The standard InChI is InChI=1S/C39H28BrN/c1-39(2)35-23-26(17-20-37(35)41(28-10-4-3-5-11-28)38-21-18-27(40)24-36(38)39)25-16-19-33-31-14-7-6-12-29(31)30-13-8-9-15-32(30)34(33)22-25/h3-24H,1-2H3. The van der Waals surface area contributed by atoms with Crippen LogP contribution in [0.1, 0.15) is 25.0 Å². The molecule has 7 aromatic carbocycles. The maximum atomic E-state index is 3.75. The molecule has 0 radical (unpaired) electrons. The molecule has 8 rings (SSSR count). The van der Waals surface area contributed by atoms with E-state index in [-0.39, 0.29) is 5.41 Å². The van der Waals surface area contributed by atoms with Gasteiger partial charge in [0.1, 0.15) is 0 Å². The second kappa shape index (κ2) is 9.06. The fraction of sp³-hybridized carbons (Fsp3) is 0.0769. The van der Waals surface area contributed by atoms with E-state index in [1.54, 1.807) is 0 Å². The van der Waals surface area contributed by atoms with Crippen LogP contribution < -0.4 is 4.90 Å². The summed E-state index contributed by atoms with van der Waals surface area (Å²) in [5.41, 5.74) is 8.58. The number of hydrogen-bond donors (Lipinski definition) is 0. The third-order valence-electron chi connectivity index (χ3n) is 8.88. The Morgan fingerprint density at radius 1 is 0.463 bits per heavy atom. The Bertz CT molecular complexity index is 2110. The second-order valence-electron chi connectivity index (χ2n) is 11.5. The van der Waals surface area contributed by atoms with Crippen molar-refractivity contribution in [3.63, 3.8) is 0 Å². The lowest BCUT2D eigenvalue weighted by molar-refractivity contribution is 0.631. The van der Waals surface area contributed by atoms with E-state index in [4.69, 9.17) is 0 Å². The Balaban J connectivity index is 1.36. The summed E-state index contributed by atoms with van der Waals surface area (Å²) in [4.78, 5) is 2.41. The molecule has 0 saturated carbocycles. The molecular formula is C39H28BrN. The first-order valence-corrected chi connectivity index (χ1v) is 14.9. The summed E-state index contributed by atoms with van der Waals surface area (Å²) in [7, 11) is 0. The molecular weight excluding hydrogens is 562 g/mol. The summed E-state index contributed by atoms with van der Waals surface area (Å²) in [5.74, 6) is 0. The largest absolute Gasteiger partial charge is 0.310 e. The van der Waals surface area contributed by atoms with Gasteiger partial charge in [-0.25, -0.2) is 0 Å². The average molecular weight is 591 g/mol. The lowest BCUT2D eigenvalue weighted by atomic mass is 9.73.